The molecule has 0 bridgehead atoms. The van der Waals surface area contributed by atoms with Crippen LogP contribution in [0.25, 0.3) is 11.3 Å². The second-order valence-corrected chi connectivity index (χ2v) is 5.94. The van der Waals surface area contributed by atoms with Crippen LogP contribution in [0.5, 0.6) is 0 Å². The van der Waals surface area contributed by atoms with Gasteiger partial charge < -0.3 is 10.3 Å². The Morgan fingerprint density at radius 2 is 1.76 bits per heavy atom. The Morgan fingerprint density at radius 1 is 1.10 bits per heavy atom. The molecule has 1 fully saturated rings. The lowest BCUT2D eigenvalue weighted by Crippen LogP contribution is -2.30. The van der Waals surface area contributed by atoms with Gasteiger partial charge in [0.25, 0.3) is 5.56 Å². The van der Waals surface area contributed by atoms with E-state index in [1.165, 1.54) is 12.8 Å². The summed E-state index contributed by atoms with van der Waals surface area (Å²) in [5, 5.41) is 0. The maximum Gasteiger partial charge on any atom is 0.256 e. The van der Waals surface area contributed by atoms with Crippen molar-refractivity contribution in [2.24, 2.45) is 5.73 Å². The molecule has 3 rings (SSSR count). The van der Waals surface area contributed by atoms with Gasteiger partial charge in [-0.15, -0.1) is 0 Å². The van der Waals surface area contributed by atoms with Crippen LogP contribution >= 0.6 is 0 Å². The van der Waals surface area contributed by atoms with E-state index < -0.39 is 0 Å². The maximum atomic E-state index is 12.9. The van der Waals surface area contributed by atoms with E-state index in [4.69, 9.17) is 5.73 Å². The van der Waals surface area contributed by atoms with E-state index in [-0.39, 0.29) is 11.6 Å². The molecule has 1 aliphatic carbocycles. The normalized spacial score (nSPS) is 17.0. The monoisotopic (exact) mass is 282 g/mol. The number of nitrogens with zero attached hydrogens (tertiary/aromatic N) is 1. The standard InChI is InChI=1S/C18H22N2O/c1-13(19)16-11-12-17(14-7-3-2-4-8-14)20(18(16)21)15-9-5-6-10-15/h2-4,7-8,11-13,15H,5-6,9-10,19H2,1H3. The van der Waals surface area contributed by atoms with Crippen molar-refractivity contribution in [3.63, 3.8) is 0 Å². The van der Waals surface area contributed by atoms with Gasteiger partial charge in [-0.2, -0.15) is 0 Å². The molecule has 2 N–H and O–H groups in total. The second kappa shape index (κ2) is 5.86. The first-order valence-corrected chi connectivity index (χ1v) is 7.75. The lowest BCUT2D eigenvalue weighted by Gasteiger charge is -2.21. The summed E-state index contributed by atoms with van der Waals surface area (Å²) in [7, 11) is 0. The van der Waals surface area contributed by atoms with Crippen molar-refractivity contribution in [1.29, 1.82) is 0 Å². The molecule has 21 heavy (non-hydrogen) atoms. The molecule has 3 nitrogen and oxygen atoms in total. The smallest absolute Gasteiger partial charge is 0.256 e. The predicted octanol–water partition coefficient (Wildman–Crippen LogP) is 3.65. The third-order valence-corrected chi connectivity index (χ3v) is 4.40. The molecule has 1 saturated carbocycles. The number of pyridine rings is 1. The van der Waals surface area contributed by atoms with Crippen LogP contribution in [0.4, 0.5) is 0 Å². The highest BCUT2D eigenvalue weighted by atomic mass is 16.1. The summed E-state index contributed by atoms with van der Waals surface area (Å²) in [4.78, 5) is 12.9. The van der Waals surface area contributed by atoms with E-state index in [9.17, 15) is 4.79 Å². The largest absolute Gasteiger partial charge is 0.324 e. The van der Waals surface area contributed by atoms with E-state index in [1.807, 2.05) is 41.8 Å². The van der Waals surface area contributed by atoms with Crippen molar-refractivity contribution in [3.8, 4) is 11.3 Å². The number of aromatic nitrogens is 1. The summed E-state index contributed by atoms with van der Waals surface area (Å²) >= 11 is 0. The van der Waals surface area contributed by atoms with Gasteiger partial charge in [-0.1, -0.05) is 43.2 Å². The van der Waals surface area contributed by atoms with Crippen molar-refractivity contribution < 1.29 is 0 Å². The van der Waals surface area contributed by atoms with Gasteiger partial charge in [-0.05, 0) is 37.5 Å². The zero-order chi connectivity index (χ0) is 14.8. The van der Waals surface area contributed by atoms with Gasteiger partial charge in [-0.3, -0.25) is 4.79 Å². The van der Waals surface area contributed by atoms with Crippen LogP contribution < -0.4 is 11.3 Å². The predicted molar refractivity (Wildman–Crippen MR) is 86.2 cm³/mol. The molecule has 0 radical (unpaired) electrons. The van der Waals surface area contributed by atoms with E-state index in [1.54, 1.807) is 0 Å². The fourth-order valence-corrected chi connectivity index (χ4v) is 3.28. The molecule has 1 aromatic carbocycles. The van der Waals surface area contributed by atoms with Crippen LogP contribution in [0.3, 0.4) is 0 Å². The minimum Gasteiger partial charge on any atom is -0.324 e. The molecule has 1 atom stereocenters. The number of benzene rings is 1. The van der Waals surface area contributed by atoms with Crippen LogP contribution in [0.1, 0.15) is 50.3 Å². The van der Waals surface area contributed by atoms with Crippen molar-refractivity contribution in [2.45, 2.75) is 44.7 Å². The van der Waals surface area contributed by atoms with Crippen molar-refractivity contribution in [2.75, 3.05) is 0 Å². The zero-order valence-corrected chi connectivity index (χ0v) is 12.5. The Morgan fingerprint density at radius 3 is 2.38 bits per heavy atom. The average Bonchev–Trinajstić information content (AvgIpc) is 3.01. The first kappa shape index (κ1) is 14.1. The number of hydrogen-bond donors (Lipinski definition) is 1. The van der Waals surface area contributed by atoms with Gasteiger partial charge >= 0.3 is 0 Å². The summed E-state index contributed by atoms with van der Waals surface area (Å²) < 4.78 is 1.99. The van der Waals surface area contributed by atoms with Gasteiger partial charge in [0, 0.05) is 17.6 Å². The minimum absolute atomic E-state index is 0.0817. The summed E-state index contributed by atoms with van der Waals surface area (Å²) in [5.41, 5.74) is 8.86. The van der Waals surface area contributed by atoms with Gasteiger partial charge in [0.1, 0.15) is 0 Å². The molecule has 2 aromatic rings. The van der Waals surface area contributed by atoms with Crippen LogP contribution in [-0.2, 0) is 0 Å². The Bertz CT molecular complexity index is 667. The summed E-state index contributed by atoms with van der Waals surface area (Å²) in [6.45, 7) is 1.87. The van der Waals surface area contributed by atoms with Crippen molar-refractivity contribution in [1.82, 2.24) is 4.57 Å². The van der Waals surface area contributed by atoms with Crippen LogP contribution in [0.15, 0.2) is 47.3 Å². The van der Waals surface area contributed by atoms with Crippen LogP contribution in [0.2, 0.25) is 0 Å². The fourth-order valence-electron chi connectivity index (χ4n) is 3.28. The molecule has 0 aliphatic heterocycles. The first-order valence-electron chi connectivity index (χ1n) is 7.75. The van der Waals surface area contributed by atoms with Gasteiger partial charge in [-0.25, -0.2) is 0 Å². The molecule has 1 unspecified atom stereocenters. The first-order chi connectivity index (χ1) is 10.2. The molecule has 1 aromatic heterocycles. The molecule has 0 spiro atoms. The highest BCUT2D eigenvalue weighted by Crippen LogP contribution is 2.32. The number of rotatable bonds is 3. The van der Waals surface area contributed by atoms with Crippen molar-refractivity contribution >= 4 is 0 Å². The second-order valence-electron chi connectivity index (χ2n) is 5.94. The SMILES string of the molecule is CC(N)c1ccc(-c2ccccc2)n(C2CCCC2)c1=O. The van der Waals surface area contributed by atoms with Gasteiger partial charge in [0.05, 0.1) is 5.69 Å². The summed E-state index contributed by atoms with van der Waals surface area (Å²) in [6.07, 6.45) is 4.58. The summed E-state index contributed by atoms with van der Waals surface area (Å²) in [5.74, 6) is 0. The molecule has 1 aliphatic rings. The molecule has 1 heterocycles. The lowest BCUT2D eigenvalue weighted by molar-refractivity contribution is 0.502. The zero-order valence-electron chi connectivity index (χ0n) is 12.5. The minimum atomic E-state index is -0.227. The highest BCUT2D eigenvalue weighted by Gasteiger charge is 2.22. The highest BCUT2D eigenvalue weighted by molar-refractivity contribution is 5.60. The Labute approximate surface area is 125 Å². The fraction of sp³-hybridized carbons (Fsp3) is 0.389. The quantitative estimate of drug-likeness (QED) is 0.934. The topological polar surface area (TPSA) is 48.0 Å². The lowest BCUT2D eigenvalue weighted by atomic mass is 10.0. The van der Waals surface area contributed by atoms with Gasteiger partial charge in [0.2, 0.25) is 0 Å². The maximum absolute atomic E-state index is 12.9. The Hall–Kier alpha value is -1.87. The van der Waals surface area contributed by atoms with E-state index in [0.29, 0.717) is 11.6 Å². The number of nitrogens with two attached hydrogens (primary N) is 1. The van der Waals surface area contributed by atoms with Crippen molar-refractivity contribution in [3.05, 3.63) is 58.4 Å². The van der Waals surface area contributed by atoms with Gasteiger partial charge in [0.15, 0.2) is 0 Å². The molecule has 0 saturated heterocycles. The van der Waals surface area contributed by atoms with Crippen LogP contribution in [-0.4, -0.2) is 4.57 Å². The number of hydrogen-bond acceptors (Lipinski definition) is 2. The Kier molecular flexibility index (Phi) is 3.93. The third kappa shape index (κ3) is 2.66. The average molecular weight is 282 g/mol. The Balaban J connectivity index is 2.20. The molecular weight excluding hydrogens is 260 g/mol. The van der Waals surface area contributed by atoms with E-state index >= 15 is 0 Å². The molecule has 0 amide bonds. The van der Waals surface area contributed by atoms with E-state index in [2.05, 4.69) is 12.1 Å². The molecule has 110 valence electrons. The summed E-state index contributed by atoms with van der Waals surface area (Å²) in [6, 6.07) is 14.2. The third-order valence-electron chi connectivity index (χ3n) is 4.40. The molecular formula is C18H22N2O. The van der Waals surface area contributed by atoms with E-state index in [0.717, 1.165) is 24.1 Å². The molecule has 3 heteroatoms. The van der Waals surface area contributed by atoms with Crippen LogP contribution in [0, 0.1) is 0 Å².